The van der Waals surface area contributed by atoms with E-state index in [2.05, 4.69) is 10.6 Å². The molecule has 2 aliphatic heterocycles. The third kappa shape index (κ3) is 3.93. The van der Waals surface area contributed by atoms with Crippen molar-refractivity contribution in [2.24, 2.45) is 0 Å². The number of benzene rings is 2. The van der Waals surface area contributed by atoms with Gasteiger partial charge in [-0.05, 0) is 43.9 Å². The number of rotatable bonds is 4. The molecule has 2 unspecified atom stereocenters. The van der Waals surface area contributed by atoms with E-state index in [1.54, 1.807) is 0 Å². The SMILES string of the molecule is O=C(Nc1cc(F)c(F)c(F)c1)c1ccc(Cl)c(S(=O)(=O)C2CC3CCC(C2)N3)c1. The van der Waals surface area contributed by atoms with Crippen LogP contribution in [0.1, 0.15) is 36.0 Å². The number of fused-ring (bicyclic) bond motifs is 2. The molecule has 2 fully saturated rings. The number of halogens is 4. The van der Waals surface area contributed by atoms with Crippen LogP contribution in [0.4, 0.5) is 18.9 Å². The van der Waals surface area contributed by atoms with Crippen LogP contribution in [0.5, 0.6) is 0 Å². The summed E-state index contributed by atoms with van der Waals surface area (Å²) in [5.41, 5.74) is -0.356. The number of carbonyl (C=O) groups excluding carboxylic acids is 1. The smallest absolute Gasteiger partial charge is 0.255 e. The molecular weight excluding hydrogens is 441 g/mol. The van der Waals surface area contributed by atoms with Crippen molar-refractivity contribution in [3.63, 3.8) is 0 Å². The molecule has 2 N–H and O–H groups in total. The zero-order valence-electron chi connectivity index (χ0n) is 15.6. The lowest BCUT2D eigenvalue weighted by Gasteiger charge is -2.29. The van der Waals surface area contributed by atoms with Crippen LogP contribution >= 0.6 is 11.6 Å². The van der Waals surface area contributed by atoms with Crippen LogP contribution in [0, 0.1) is 17.5 Å². The number of amides is 1. The quantitative estimate of drug-likeness (QED) is 0.677. The number of hydrogen-bond acceptors (Lipinski definition) is 4. The summed E-state index contributed by atoms with van der Waals surface area (Å²) < 4.78 is 66.2. The van der Waals surface area contributed by atoms with E-state index < -0.39 is 38.4 Å². The Bertz CT molecular complexity index is 1090. The van der Waals surface area contributed by atoms with Crippen molar-refractivity contribution in [3.05, 3.63) is 58.4 Å². The van der Waals surface area contributed by atoms with Crippen LogP contribution < -0.4 is 10.6 Å². The molecule has 0 spiro atoms. The van der Waals surface area contributed by atoms with Gasteiger partial charge >= 0.3 is 0 Å². The van der Waals surface area contributed by atoms with Crippen molar-refractivity contribution < 1.29 is 26.4 Å². The van der Waals surface area contributed by atoms with E-state index >= 15 is 0 Å². The van der Waals surface area contributed by atoms with Gasteiger partial charge in [0, 0.05) is 35.5 Å². The van der Waals surface area contributed by atoms with Gasteiger partial charge in [0.2, 0.25) is 0 Å². The molecule has 2 aromatic carbocycles. The van der Waals surface area contributed by atoms with E-state index in [4.69, 9.17) is 11.6 Å². The Kier molecular flexibility index (Phi) is 5.54. The average Bonchev–Trinajstić information content (AvgIpc) is 3.03. The lowest BCUT2D eigenvalue weighted by molar-refractivity contribution is 0.102. The highest BCUT2D eigenvalue weighted by Gasteiger charge is 2.41. The summed E-state index contributed by atoms with van der Waals surface area (Å²) >= 11 is 6.14. The van der Waals surface area contributed by atoms with Gasteiger partial charge in [-0.15, -0.1) is 0 Å². The Balaban J connectivity index is 1.61. The fourth-order valence-electron chi connectivity index (χ4n) is 4.13. The molecular formula is C20H18ClF3N2O3S. The molecule has 4 rings (SSSR count). The first-order valence-electron chi connectivity index (χ1n) is 9.40. The molecule has 30 heavy (non-hydrogen) atoms. The molecule has 5 nitrogen and oxygen atoms in total. The fourth-order valence-corrected chi connectivity index (χ4v) is 6.53. The van der Waals surface area contributed by atoms with E-state index in [0.717, 1.165) is 18.9 Å². The third-order valence-corrected chi connectivity index (χ3v) is 8.27. The minimum atomic E-state index is -3.79. The summed E-state index contributed by atoms with van der Waals surface area (Å²) in [6, 6.07) is 5.33. The monoisotopic (exact) mass is 458 g/mol. The lowest BCUT2D eigenvalue weighted by atomic mass is 10.1. The predicted molar refractivity (Wildman–Crippen MR) is 106 cm³/mol. The van der Waals surface area contributed by atoms with Gasteiger partial charge in [0.25, 0.3) is 5.91 Å². The van der Waals surface area contributed by atoms with Crippen molar-refractivity contribution in [2.45, 2.75) is 47.9 Å². The molecule has 10 heteroatoms. The van der Waals surface area contributed by atoms with Crippen molar-refractivity contribution in [2.75, 3.05) is 5.32 Å². The Morgan fingerprint density at radius 3 is 2.23 bits per heavy atom. The molecule has 2 aromatic rings. The average molecular weight is 459 g/mol. The molecule has 0 aromatic heterocycles. The second-order valence-corrected chi connectivity index (χ2v) is 10.2. The van der Waals surface area contributed by atoms with E-state index in [-0.39, 0.29) is 33.3 Å². The normalized spacial score (nSPS) is 23.4. The van der Waals surface area contributed by atoms with Crippen LogP contribution in [0.2, 0.25) is 5.02 Å². The molecule has 0 radical (unpaired) electrons. The predicted octanol–water partition coefficient (Wildman–Crippen LogP) is 4.07. The minimum Gasteiger partial charge on any atom is -0.322 e. The summed E-state index contributed by atoms with van der Waals surface area (Å²) in [5, 5.41) is 5.01. The molecule has 1 amide bonds. The maximum atomic E-state index is 13.4. The Morgan fingerprint density at radius 1 is 1.03 bits per heavy atom. The van der Waals surface area contributed by atoms with Gasteiger partial charge in [-0.1, -0.05) is 11.6 Å². The first kappa shape index (κ1) is 21.1. The second kappa shape index (κ2) is 7.86. The number of sulfone groups is 1. The van der Waals surface area contributed by atoms with Crippen LogP contribution in [-0.4, -0.2) is 31.7 Å². The van der Waals surface area contributed by atoms with Crippen LogP contribution in [0.15, 0.2) is 35.2 Å². The first-order chi connectivity index (χ1) is 14.1. The van der Waals surface area contributed by atoms with Gasteiger partial charge in [-0.3, -0.25) is 4.79 Å². The Labute approximate surface area is 176 Å². The number of hydrogen-bond donors (Lipinski definition) is 2. The van der Waals surface area contributed by atoms with Gasteiger partial charge in [0.1, 0.15) is 0 Å². The van der Waals surface area contributed by atoms with Crippen molar-refractivity contribution in [1.29, 1.82) is 0 Å². The highest BCUT2D eigenvalue weighted by molar-refractivity contribution is 7.92. The molecule has 160 valence electrons. The number of anilines is 1. The van der Waals surface area contributed by atoms with Gasteiger partial charge in [0.05, 0.1) is 15.2 Å². The minimum absolute atomic E-state index is 0.00343. The first-order valence-corrected chi connectivity index (χ1v) is 11.3. The highest BCUT2D eigenvalue weighted by atomic mass is 35.5. The summed E-state index contributed by atoms with van der Waals surface area (Å²) in [4.78, 5) is 12.4. The molecule has 0 aliphatic carbocycles. The van der Waals surface area contributed by atoms with E-state index in [1.165, 1.54) is 12.1 Å². The lowest BCUT2D eigenvalue weighted by Crippen LogP contribution is -2.43. The Hall–Kier alpha value is -2.10. The molecule has 0 saturated carbocycles. The van der Waals surface area contributed by atoms with Crippen molar-refractivity contribution in [1.82, 2.24) is 5.32 Å². The summed E-state index contributed by atoms with van der Waals surface area (Å²) in [6.45, 7) is 0. The summed E-state index contributed by atoms with van der Waals surface area (Å²) in [5.74, 6) is -5.36. The number of nitrogens with one attached hydrogen (secondary N) is 2. The number of piperidine rings is 1. The van der Waals surface area contributed by atoms with Crippen molar-refractivity contribution >= 4 is 33.0 Å². The number of carbonyl (C=O) groups is 1. The maximum absolute atomic E-state index is 13.4. The van der Waals surface area contributed by atoms with Crippen molar-refractivity contribution in [3.8, 4) is 0 Å². The van der Waals surface area contributed by atoms with Gasteiger partial charge < -0.3 is 10.6 Å². The zero-order chi connectivity index (χ0) is 21.6. The standard InChI is InChI=1S/C20H18ClF3N2O3S/c21-15-4-1-10(20(27)26-13-8-16(22)19(24)17(23)9-13)5-18(15)30(28,29)14-6-11-2-3-12(7-14)25-11/h1,4-5,8-9,11-12,14,25H,2-3,6-7H2,(H,26,27). The van der Waals surface area contributed by atoms with Gasteiger partial charge in [-0.2, -0.15) is 0 Å². The zero-order valence-corrected chi connectivity index (χ0v) is 17.2. The van der Waals surface area contributed by atoms with E-state index in [0.29, 0.717) is 25.0 Å². The maximum Gasteiger partial charge on any atom is 0.255 e. The van der Waals surface area contributed by atoms with E-state index in [9.17, 15) is 26.4 Å². The second-order valence-electron chi connectivity index (χ2n) is 7.63. The third-order valence-electron chi connectivity index (χ3n) is 5.61. The topological polar surface area (TPSA) is 75.3 Å². The summed E-state index contributed by atoms with van der Waals surface area (Å²) in [7, 11) is -3.79. The van der Waals surface area contributed by atoms with Crippen LogP contribution in [0.3, 0.4) is 0 Å². The van der Waals surface area contributed by atoms with Crippen LogP contribution in [0.25, 0.3) is 0 Å². The van der Waals surface area contributed by atoms with Gasteiger partial charge in [0.15, 0.2) is 27.3 Å². The summed E-state index contributed by atoms with van der Waals surface area (Å²) in [6.07, 6.45) is 2.80. The molecule has 2 bridgehead atoms. The van der Waals surface area contributed by atoms with E-state index in [1.807, 2.05) is 0 Å². The molecule has 2 saturated heterocycles. The molecule has 2 aliphatic rings. The molecule has 2 atom stereocenters. The van der Waals surface area contributed by atoms with Gasteiger partial charge in [-0.25, -0.2) is 21.6 Å². The fraction of sp³-hybridized carbons (Fsp3) is 0.350. The molecule has 2 heterocycles. The van der Waals surface area contributed by atoms with Crippen LogP contribution in [-0.2, 0) is 9.84 Å². The highest BCUT2D eigenvalue weighted by Crippen LogP contribution is 2.36. The largest absolute Gasteiger partial charge is 0.322 e. The Morgan fingerprint density at radius 2 is 1.63 bits per heavy atom.